The Morgan fingerprint density at radius 2 is 1.93 bits per heavy atom. The zero-order valence-corrected chi connectivity index (χ0v) is 8.98. The lowest BCUT2D eigenvalue weighted by atomic mass is 10.0. The minimum Gasteiger partial charge on any atom is -0.316 e. The predicted octanol–water partition coefficient (Wildman–Crippen LogP) is 3.32. The first-order valence-corrected chi connectivity index (χ1v) is 4.70. The molecule has 0 unspecified atom stereocenters. The topological polar surface area (TPSA) is 26.0 Å². The van der Waals surface area contributed by atoms with E-state index in [0.29, 0.717) is 10.0 Å². The van der Waals surface area contributed by atoms with Crippen molar-refractivity contribution in [3.05, 3.63) is 33.8 Å². The Morgan fingerprint density at radius 3 is 2.36 bits per heavy atom. The summed E-state index contributed by atoms with van der Waals surface area (Å²) >= 11 is 3.06. The second-order valence-corrected chi connectivity index (χ2v) is 3.84. The van der Waals surface area contributed by atoms with Crippen LogP contribution in [0.25, 0.3) is 0 Å². The number of nitrogens with two attached hydrogens (primary N) is 1. The molecular weight excluding hydrogens is 259 g/mol. The van der Waals surface area contributed by atoms with E-state index in [9.17, 15) is 13.2 Å². The summed E-state index contributed by atoms with van der Waals surface area (Å²) < 4.78 is 37.4. The highest BCUT2D eigenvalue weighted by Gasteiger charge is 2.39. The number of hydrogen-bond donors (Lipinski definition) is 1. The molecule has 0 fully saturated rings. The van der Waals surface area contributed by atoms with Crippen LogP contribution in [-0.4, -0.2) is 6.18 Å². The first-order valence-electron chi connectivity index (χ1n) is 3.91. The lowest BCUT2D eigenvalue weighted by Gasteiger charge is -2.19. The third-order valence-corrected chi connectivity index (χ3v) is 2.63. The number of alkyl halides is 3. The molecular formula is C9H9BrF3N. The molecule has 0 aromatic heterocycles. The van der Waals surface area contributed by atoms with E-state index in [1.165, 1.54) is 0 Å². The van der Waals surface area contributed by atoms with Gasteiger partial charge in [-0.15, -0.1) is 0 Å². The summed E-state index contributed by atoms with van der Waals surface area (Å²) in [4.78, 5) is 0. The molecule has 14 heavy (non-hydrogen) atoms. The zero-order valence-electron chi connectivity index (χ0n) is 7.40. The standard InChI is InChI=1S/C9H9BrF3N/c1-5-3-2-4-6(10)7(5)8(14)9(11,12)13/h2-4,8H,14H2,1H3/t8-/m1/s1. The van der Waals surface area contributed by atoms with E-state index in [0.717, 1.165) is 0 Å². The van der Waals surface area contributed by atoms with E-state index in [1.54, 1.807) is 25.1 Å². The Labute approximate surface area is 88.2 Å². The van der Waals surface area contributed by atoms with Gasteiger partial charge in [-0.3, -0.25) is 0 Å². The van der Waals surface area contributed by atoms with Crippen LogP contribution in [0.15, 0.2) is 22.7 Å². The average Bonchev–Trinajstić information content (AvgIpc) is 2.01. The van der Waals surface area contributed by atoms with Gasteiger partial charge in [0.2, 0.25) is 0 Å². The lowest BCUT2D eigenvalue weighted by Crippen LogP contribution is -2.29. The van der Waals surface area contributed by atoms with Gasteiger partial charge in [-0.25, -0.2) is 0 Å². The molecule has 1 rings (SSSR count). The Kier molecular flexibility index (Phi) is 3.21. The second-order valence-electron chi connectivity index (χ2n) is 2.99. The van der Waals surface area contributed by atoms with Gasteiger partial charge in [0.05, 0.1) is 0 Å². The van der Waals surface area contributed by atoms with Crippen LogP contribution < -0.4 is 5.73 Å². The molecule has 2 N–H and O–H groups in total. The number of aryl methyl sites for hydroxylation is 1. The van der Waals surface area contributed by atoms with Crippen LogP contribution >= 0.6 is 15.9 Å². The van der Waals surface area contributed by atoms with Gasteiger partial charge in [-0.1, -0.05) is 28.1 Å². The maximum absolute atomic E-state index is 12.3. The fraction of sp³-hybridized carbons (Fsp3) is 0.333. The Bertz CT molecular complexity index is 315. The summed E-state index contributed by atoms with van der Waals surface area (Å²) in [5, 5.41) is 0. The van der Waals surface area contributed by atoms with Crippen LogP contribution in [0.3, 0.4) is 0 Å². The largest absolute Gasteiger partial charge is 0.407 e. The normalized spacial score (nSPS) is 14.1. The van der Waals surface area contributed by atoms with E-state index < -0.39 is 12.2 Å². The van der Waals surface area contributed by atoms with Gasteiger partial charge in [0.25, 0.3) is 0 Å². The third-order valence-electron chi connectivity index (χ3n) is 1.93. The molecule has 1 atom stereocenters. The minimum atomic E-state index is -4.41. The molecule has 0 amide bonds. The molecule has 0 aliphatic rings. The van der Waals surface area contributed by atoms with Crippen LogP contribution in [0.2, 0.25) is 0 Å². The molecule has 1 nitrogen and oxygen atoms in total. The molecule has 0 saturated heterocycles. The summed E-state index contributed by atoms with van der Waals surface area (Å²) in [7, 11) is 0. The minimum absolute atomic E-state index is 0.0972. The highest BCUT2D eigenvalue weighted by Crippen LogP contribution is 2.35. The lowest BCUT2D eigenvalue weighted by molar-refractivity contribution is -0.149. The van der Waals surface area contributed by atoms with Crippen molar-refractivity contribution in [2.45, 2.75) is 19.1 Å². The van der Waals surface area contributed by atoms with Crippen molar-refractivity contribution in [2.75, 3.05) is 0 Å². The van der Waals surface area contributed by atoms with Crippen molar-refractivity contribution in [3.8, 4) is 0 Å². The molecule has 78 valence electrons. The molecule has 0 aliphatic carbocycles. The smallest absolute Gasteiger partial charge is 0.316 e. The van der Waals surface area contributed by atoms with Gasteiger partial charge in [-0.2, -0.15) is 13.2 Å². The first kappa shape index (κ1) is 11.5. The van der Waals surface area contributed by atoms with E-state index in [-0.39, 0.29) is 5.56 Å². The number of benzene rings is 1. The van der Waals surface area contributed by atoms with Crippen molar-refractivity contribution in [3.63, 3.8) is 0 Å². The number of hydrogen-bond acceptors (Lipinski definition) is 1. The summed E-state index contributed by atoms with van der Waals surface area (Å²) in [5.74, 6) is 0. The van der Waals surface area contributed by atoms with Crippen LogP contribution in [-0.2, 0) is 0 Å². The van der Waals surface area contributed by atoms with Crippen molar-refractivity contribution in [2.24, 2.45) is 5.73 Å². The molecule has 5 heteroatoms. The molecule has 0 aliphatic heterocycles. The van der Waals surface area contributed by atoms with Gasteiger partial charge in [0.1, 0.15) is 6.04 Å². The maximum atomic E-state index is 12.3. The monoisotopic (exact) mass is 267 g/mol. The van der Waals surface area contributed by atoms with E-state index in [4.69, 9.17) is 5.73 Å². The quantitative estimate of drug-likeness (QED) is 0.830. The Hall–Kier alpha value is -0.550. The summed E-state index contributed by atoms with van der Waals surface area (Å²) in [6.45, 7) is 1.60. The van der Waals surface area contributed by atoms with Gasteiger partial charge in [0, 0.05) is 4.47 Å². The summed E-state index contributed by atoms with van der Waals surface area (Å²) in [6, 6.07) is 2.89. The van der Waals surface area contributed by atoms with Gasteiger partial charge in [-0.05, 0) is 24.1 Å². The molecule has 1 aromatic carbocycles. The molecule has 0 heterocycles. The summed E-state index contributed by atoms with van der Waals surface area (Å²) in [5.41, 5.74) is 5.75. The average molecular weight is 268 g/mol. The second kappa shape index (κ2) is 3.90. The third kappa shape index (κ3) is 2.27. The fourth-order valence-electron chi connectivity index (χ4n) is 1.20. The molecule has 0 bridgehead atoms. The molecule has 0 spiro atoms. The highest BCUT2D eigenvalue weighted by atomic mass is 79.9. The van der Waals surface area contributed by atoms with Crippen LogP contribution in [0.5, 0.6) is 0 Å². The highest BCUT2D eigenvalue weighted by molar-refractivity contribution is 9.10. The van der Waals surface area contributed by atoms with Gasteiger partial charge >= 0.3 is 6.18 Å². The van der Waals surface area contributed by atoms with Gasteiger partial charge in [0.15, 0.2) is 0 Å². The Balaban J connectivity index is 3.19. The maximum Gasteiger partial charge on any atom is 0.407 e. The van der Waals surface area contributed by atoms with Crippen molar-refractivity contribution in [1.82, 2.24) is 0 Å². The van der Waals surface area contributed by atoms with Crippen LogP contribution in [0.4, 0.5) is 13.2 Å². The SMILES string of the molecule is Cc1cccc(Br)c1[C@@H](N)C(F)(F)F. The van der Waals surface area contributed by atoms with E-state index in [2.05, 4.69) is 15.9 Å². The molecule has 0 radical (unpaired) electrons. The molecule has 1 aromatic rings. The summed E-state index contributed by atoms with van der Waals surface area (Å²) in [6.07, 6.45) is -4.41. The zero-order chi connectivity index (χ0) is 10.9. The van der Waals surface area contributed by atoms with Gasteiger partial charge < -0.3 is 5.73 Å². The Morgan fingerprint density at radius 1 is 1.36 bits per heavy atom. The first-order chi connectivity index (χ1) is 6.34. The number of halogens is 4. The predicted molar refractivity (Wildman–Crippen MR) is 51.9 cm³/mol. The van der Waals surface area contributed by atoms with Crippen molar-refractivity contribution < 1.29 is 13.2 Å². The van der Waals surface area contributed by atoms with E-state index >= 15 is 0 Å². The van der Waals surface area contributed by atoms with Crippen molar-refractivity contribution >= 4 is 15.9 Å². The van der Waals surface area contributed by atoms with E-state index in [1.807, 2.05) is 0 Å². The van der Waals surface area contributed by atoms with Crippen LogP contribution in [0.1, 0.15) is 17.2 Å². The van der Waals surface area contributed by atoms with Crippen molar-refractivity contribution in [1.29, 1.82) is 0 Å². The number of rotatable bonds is 1. The molecule has 0 saturated carbocycles. The fourth-order valence-corrected chi connectivity index (χ4v) is 1.91. The van der Waals surface area contributed by atoms with Crippen LogP contribution in [0, 0.1) is 6.92 Å².